The van der Waals surface area contributed by atoms with Crippen molar-refractivity contribution in [3.8, 4) is 0 Å². The molecule has 4 heteroatoms. The van der Waals surface area contributed by atoms with E-state index in [0.717, 1.165) is 19.2 Å². The van der Waals surface area contributed by atoms with Crippen molar-refractivity contribution >= 4 is 15.9 Å². The third-order valence-corrected chi connectivity index (χ3v) is 1.31. The molecule has 0 bridgehead atoms. The van der Waals surface area contributed by atoms with E-state index in [1.165, 1.54) is 6.08 Å². The molecule has 1 N–H and O–H groups in total. The molecule has 0 aromatic carbocycles. The zero-order valence-electron chi connectivity index (χ0n) is 6.41. The monoisotopic (exact) mass is 227 g/mol. The summed E-state index contributed by atoms with van der Waals surface area (Å²) in [6.45, 7) is 3.59. The number of hydrogen-bond donors (Lipinski definition) is 1. The average Bonchev–Trinajstić information content (AvgIpc) is 1.85. The summed E-state index contributed by atoms with van der Waals surface area (Å²) < 4.78 is 24.1. The molecule has 0 saturated carbocycles. The molecular weight excluding hydrogens is 216 g/mol. The van der Waals surface area contributed by atoms with Crippen LogP contribution in [0.25, 0.3) is 0 Å². The van der Waals surface area contributed by atoms with Crippen LogP contribution in [-0.2, 0) is 0 Å². The van der Waals surface area contributed by atoms with Gasteiger partial charge in [-0.3, -0.25) is 0 Å². The second-order valence-electron chi connectivity index (χ2n) is 2.09. The van der Waals surface area contributed by atoms with E-state index in [9.17, 15) is 8.78 Å². The Bertz CT molecular complexity index is 120. The molecule has 0 fully saturated rings. The molecule has 11 heavy (non-hydrogen) atoms. The Hall–Kier alpha value is 0.0400. The van der Waals surface area contributed by atoms with Gasteiger partial charge < -0.3 is 5.32 Å². The minimum Gasteiger partial charge on any atom is -0.317 e. The Balaban J connectivity index is 3.30. The Morgan fingerprint density at radius 3 is 2.64 bits per heavy atom. The van der Waals surface area contributed by atoms with Crippen molar-refractivity contribution in [2.75, 3.05) is 13.1 Å². The molecule has 0 atom stereocenters. The van der Waals surface area contributed by atoms with Gasteiger partial charge in [0.2, 0.25) is 0 Å². The first-order valence-electron chi connectivity index (χ1n) is 3.51. The van der Waals surface area contributed by atoms with Gasteiger partial charge in [0.15, 0.2) is 0 Å². The van der Waals surface area contributed by atoms with E-state index in [-0.39, 0.29) is 0 Å². The van der Waals surface area contributed by atoms with E-state index < -0.39 is 4.83 Å². The van der Waals surface area contributed by atoms with Gasteiger partial charge in [0.25, 0.3) is 0 Å². The molecule has 1 nitrogen and oxygen atoms in total. The predicted molar refractivity (Wildman–Crippen MR) is 46.2 cm³/mol. The molecule has 0 aliphatic carbocycles. The highest BCUT2D eigenvalue weighted by Crippen LogP contribution is 2.22. The van der Waals surface area contributed by atoms with Crippen LogP contribution in [0.4, 0.5) is 8.78 Å². The van der Waals surface area contributed by atoms with Crippen molar-refractivity contribution in [1.82, 2.24) is 5.32 Å². The van der Waals surface area contributed by atoms with Crippen molar-refractivity contribution in [2.45, 2.75) is 18.2 Å². The van der Waals surface area contributed by atoms with Crippen LogP contribution < -0.4 is 5.32 Å². The third kappa shape index (κ3) is 10.0. The molecule has 0 spiro atoms. The van der Waals surface area contributed by atoms with E-state index in [1.807, 2.05) is 6.92 Å². The zero-order chi connectivity index (χ0) is 8.74. The number of nitrogens with one attached hydrogen (secondary N) is 1. The van der Waals surface area contributed by atoms with Crippen LogP contribution in [0.5, 0.6) is 0 Å². The molecule has 0 radical (unpaired) electrons. The number of hydrogen-bond acceptors (Lipinski definition) is 1. The van der Waals surface area contributed by atoms with Crippen molar-refractivity contribution in [1.29, 1.82) is 0 Å². The van der Waals surface area contributed by atoms with Crippen LogP contribution in [-0.4, -0.2) is 17.9 Å². The Morgan fingerprint density at radius 1 is 1.55 bits per heavy atom. The van der Waals surface area contributed by atoms with Crippen LogP contribution in [0, 0.1) is 0 Å². The molecule has 0 saturated heterocycles. The van der Waals surface area contributed by atoms with Gasteiger partial charge in [-0.25, -0.2) is 0 Å². The molecule has 0 rings (SSSR count). The summed E-state index contributed by atoms with van der Waals surface area (Å²) in [5.41, 5.74) is 0. The van der Waals surface area contributed by atoms with Crippen LogP contribution >= 0.6 is 15.9 Å². The lowest BCUT2D eigenvalue weighted by atomic mass is 10.4. The number of alkyl halides is 3. The quantitative estimate of drug-likeness (QED) is 0.433. The van der Waals surface area contributed by atoms with E-state index in [4.69, 9.17) is 0 Å². The summed E-state index contributed by atoms with van der Waals surface area (Å²) in [5, 5.41) is 3.02. The van der Waals surface area contributed by atoms with E-state index >= 15 is 0 Å². The number of halogens is 3. The number of rotatable bonds is 5. The summed E-state index contributed by atoms with van der Waals surface area (Å²) in [6.07, 6.45) is 2.94. The SMILES string of the molecule is CCNCC/C=C/C(F)(F)Br. The molecule has 0 aliphatic rings. The van der Waals surface area contributed by atoms with Gasteiger partial charge in [0.1, 0.15) is 0 Å². The smallest absolute Gasteiger partial charge is 0.317 e. The molecule has 66 valence electrons. The largest absolute Gasteiger partial charge is 0.319 e. The summed E-state index contributed by atoms with van der Waals surface area (Å²) in [6, 6.07) is 0. The van der Waals surface area contributed by atoms with Gasteiger partial charge in [0, 0.05) is 0 Å². The molecular formula is C7H12BrF2N. The van der Waals surface area contributed by atoms with E-state index in [1.54, 1.807) is 0 Å². The van der Waals surface area contributed by atoms with Crippen LogP contribution in [0.15, 0.2) is 12.2 Å². The van der Waals surface area contributed by atoms with Crippen molar-refractivity contribution in [3.63, 3.8) is 0 Å². The molecule has 0 unspecified atom stereocenters. The lowest BCUT2D eigenvalue weighted by Gasteiger charge is -1.99. The second kappa shape index (κ2) is 5.66. The third-order valence-electron chi connectivity index (χ3n) is 1.04. The standard InChI is InChI=1S/C7H12BrF2N/c1-2-11-6-4-3-5-7(8,9)10/h3,5,11H,2,4,6H2,1H3/b5-3+. The lowest BCUT2D eigenvalue weighted by Crippen LogP contribution is -2.13. The summed E-state index contributed by atoms with van der Waals surface area (Å²) >= 11 is 2.21. The maximum absolute atomic E-state index is 12.0. The first kappa shape index (κ1) is 11.0. The summed E-state index contributed by atoms with van der Waals surface area (Å²) in [7, 11) is 0. The highest BCUT2D eigenvalue weighted by molar-refractivity contribution is 9.10. The van der Waals surface area contributed by atoms with Gasteiger partial charge in [0.05, 0.1) is 0 Å². The zero-order valence-corrected chi connectivity index (χ0v) is 8.00. The Kier molecular flexibility index (Phi) is 5.68. The highest BCUT2D eigenvalue weighted by Gasteiger charge is 2.17. The van der Waals surface area contributed by atoms with E-state index in [0.29, 0.717) is 6.42 Å². The van der Waals surface area contributed by atoms with Gasteiger partial charge >= 0.3 is 4.83 Å². The first-order valence-corrected chi connectivity index (χ1v) is 4.30. The minimum absolute atomic E-state index is 0.634. The van der Waals surface area contributed by atoms with Crippen molar-refractivity contribution in [3.05, 3.63) is 12.2 Å². The average molecular weight is 228 g/mol. The van der Waals surface area contributed by atoms with Crippen molar-refractivity contribution in [2.24, 2.45) is 0 Å². The maximum Gasteiger partial charge on any atom is 0.319 e. The minimum atomic E-state index is -2.85. The normalized spacial score (nSPS) is 12.7. The summed E-state index contributed by atoms with van der Waals surface area (Å²) in [5.74, 6) is 0. The fraction of sp³-hybridized carbons (Fsp3) is 0.714. The van der Waals surface area contributed by atoms with Crippen LogP contribution in [0.2, 0.25) is 0 Å². The topological polar surface area (TPSA) is 12.0 Å². The van der Waals surface area contributed by atoms with Gasteiger partial charge in [-0.2, -0.15) is 8.78 Å². The fourth-order valence-corrected chi connectivity index (χ4v) is 0.766. The first-order chi connectivity index (χ1) is 5.06. The predicted octanol–water partition coefficient (Wildman–Crippen LogP) is 2.53. The molecule has 0 amide bonds. The maximum atomic E-state index is 12.0. The Morgan fingerprint density at radius 2 is 2.18 bits per heavy atom. The van der Waals surface area contributed by atoms with Gasteiger partial charge in [-0.15, -0.1) is 0 Å². The molecule has 0 heterocycles. The second-order valence-corrected chi connectivity index (χ2v) is 3.14. The number of allylic oxidation sites excluding steroid dienone is 1. The van der Waals surface area contributed by atoms with Gasteiger partial charge in [-0.05, 0) is 41.5 Å². The Labute approximate surface area is 74.0 Å². The fourth-order valence-electron chi connectivity index (χ4n) is 0.579. The van der Waals surface area contributed by atoms with Gasteiger partial charge in [-0.1, -0.05) is 13.0 Å². The highest BCUT2D eigenvalue weighted by atomic mass is 79.9. The molecule has 0 aliphatic heterocycles. The van der Waals surface area contributed by atoms with Crippen LogP contribution in [0.3, 0.4) is 0 Å². The molecule has 0 aromatic heterocycles. The molecule has 0 aromatic rings. The summed E-state index contributed by atoms with van der Waals surface area (Å²) in [4.78, 5) is -2.85. The van der Waals surface area contributed by atoms with E-state index in [2.05, 4.69) is 21.2 Å². The van der Waals surface area contributed by atoms with Crippen LogP contribution in [0.1, 0.15) is 13.3 Å². The lowest BCUT2D eigenvalue weighted by molar-refractivity contribution is 0.171. The van der Waals surface area contributed by atoms with Crippen molar-refractivity contribution < 1.29 is 8.78 Å².